The van der Waals surface area contributed by atoms with Crippen LogP contribution in [0.1, 0.15) is 16.6 Å². The van der Waals surface area contributed by atoms with Crippen LogP contribution in [0.4, 0.5) is 0 Å². The molecule has 1 heterocycles. The van der Waals surface area contributed by atoms with E-state index in [0.29, 0.717) is 5.02 Å². The maximum absolute atomic E-state index is 6.27. The average molecular weight is 368 g/mol. The van der Waals surface area contributed by atoms with Crippen LogP contribution >= 0.6 is 38.9 Å². The Morgan fingerprint density at radius 3 is 2.80 bits per heavy atom. The Hall–Kier alpha value is -0.940. The lowest BCUT2D eigenvalue weighted by Gasteiger charge is -2.11. The van der Waals surface area contributed by atoms with Crippen molar-refractivity contribution in [2.24, 2.45) is 5.73 Å². The molecular formula is C15H12BrClN2S. The summed E-state index contributed by atoms with van der Waals surface area (Å²) in [4.78, 5) is 4.62. The molecule has 1 atom stereocenters. The maximum atomic E-state index is 6.27. The van der Waals surface area contributed by atoms with Crippen LogP contribution in [0, 0.1) is 0 Å². The van der Waals surface area contributed by atoms with Gasteiger partial charge in [0.05, 0.1) is 20.2 Å². The molecule has 2 N–H and O–H groups in total. The Labute approximate surface area is 134 Å². The average Bonchev–Trinajstić information content (AvgIpc) is 2.83. The van der Waals surface area contributed by atoms with Crippen molar-refractivity contribution in [1.82, 2.24) is 4.98 Å². The largest absolute Gasteiger partial charge is 0.324 e. The zero-order chi connectivity index (χ0) is 14.1. The standard InChI is InChI=1S/C15H12BrClN2S/c16-10-7-9(5-6-11(10)17)12(18)8-15-19-13-3-1-2-4-14(13)20-15/h1-7,12H,8,18H2. The van der Waals surface area contributed by atoms with E-state index in [-0.39, 0.29) is 6.04 Å². The second-order valence-electron chi connectivity index (χ2n) is 4.56. The molecule has 0 fully saturated rings. The minimum Gasteiger partial charge on any atom is -0.324 e. The zero-order valence-corrected chi connectivity index (χ0v) is 13.7. The minimum atomic E-state index is -0.0795. The first-order chi connectivity index (χ1) is 9.63. The fourth-order valence-corrected chi connectivity index (χ4v) is 3.60. The van der Waals surface area contributed by atoms with E-state index in [2.05, 4.69) is 27.0 Å². The number of para-hydroxylation sites is 1. The molecule has 5 heteroatoms. The van der Waals surface area contributed by atoms with E-state index < -0.39 is 0 Å². The van der Waals surface area contributed by atoms with E-state index in [9.17, 15) is 0 Å². The molecule has 1 unspecified atom stereocenters. The lowest BCUT2D eigenvalue weighted by atomic mass is 10.1. The van der Waals surface area contributed by atoms with E-state index in [1.807, 2.05) is 36.4 Å². The van der Waals surface area contributed by atoms with Crippen molar-refractivity contribution >= 4 is 49.1 Å². The quantitative estimate of drug-likeness (QED) is 0.711. The van der Waals surface area contributed by atoms with Gasteiger partial charge in [0, 0.05) is 16.9 Å². The van der Waals surface area contributed by atoms with Crippen molar-refractivity contribution in [2.75, 3.05) is 0 Å². The lowest BCUT2D eigenvalue weighted by Crippen LogP contribution is -2.13. The maximum Gasteiger partial charge on any atom is 0.0957 e. The molecule has 0 saturated carbocycles. The van der Waals surface area contributed by atoms with Crippen molar-refractivity contribution in [1.29, 1.82) is 0 Å². The number of fused-ring (bicyclic) bond motifs is 1. The predicted octanol–water partition coefficient (Wildman–Crippen LogP) is 4.95. The lowest BCUT2D eigenvalue weighted by molar-refractivity contribution is 0.719. The van der Waals surface area contributed by atoms with Crippen LogP contribution in [0.3, 0.4) is 0 Å². The normalized spacial score (nSPS) is 12.8. The number of hydrogen-bond acceptors (Lipinski definition) is 3. The molecule has 2 aromatic carbocycles. The molecule has 0 radical (unpaired) electrons. The molecule has 3 aromatic rings. The molecule has 0 bridgehead atoms. The molecule has 0 spiro atoms. The van der Waals surface area contributed by atoms with Gasteiger partial charge in [-0.3, -0.25) is 0 Å². The van der Waals surface area contributed by atoms with Crippen LogP contribution in [0.15, 0.2) is 46.9 Å². The number of hydrogen-bond donors (Lipinski definition) is 1. The molecule has 0 saturated heterocycles. The fourth-order valence-electron chi connectivity index (χ4n) is 2.06. The highest BCUT2D eigenvalue weighted by Crippen LogP contribution is 2.28. The van der Waals surface area contributed by atoms with Crippen LogP contribution in [-0.4, -0.2) is 4.98 Å². The Bertz CT molecular complexity index is 723. The van der Waals surface area contributed by atoms with E-state index >= 15 is 0 Å². The van der Waals surface area contributed by atoms with Gasteiger partial charge < -0.3 is 5.73 Å². The first kappa shape index (κ1) is 14.0. The summed E-state index contributed by atoms with van der Waals surface area (Å²) in [5.41, 5.74) is 8.37. The summed E-state index contributed by atoms with van der Waals surface area (Å²) in [6.45, 7) is 0. The smallest absolute Gasteiger partial charge is 0.0957 e. The van der Waals surface area contributed by atoms with Crippen LogP contribution in [-0.2, 0) is 6.42 Å². The monoisotopic (exact) mass is 366 g/mol. The van der Waals surface area contributed by atoms with E-state index in [0.717, 1.165) is 27.0 Å². The summed E-state index contributed by atoms with van der Waals surface area (Å²) in [6, 6.07) is 13.9. The van der Waals surface area contributed by atoms with Crippen LogP contribution in [0.5, 0.6) is 0 Å². The Balaban J connectivity index is 1.84. The summed E-state index contributed by atoms with van der Waals surface area (Å²) in [5.74, 6) is 0. The Morgan fingerprint density at radius 2 is 2.05 bits per heavy atom. The number of aromatic nitrogens is 1. The van der Waals surface area contributed by atoms with Gasteiger partial charge in [-0.2, -0.15) is 0 Å². The van der Waals surface area contributed by atoms with Gasteiger partial charge in [0.2, 0.25) is 0 Å². The van der Waals surface area contributed by atoms with E-state index in [1.165, 1.54) is 4.70 Å². The van der Waals surface area contributed by atoms with Gasteiger partial charge in [-0.1, -0.05) is 29.8 Å². The van der Waals surface area contributed by atoms with Crippen molar-refractivity contribution in [3.8, 4) is 0 Å². The summed E-state index contributed by atoms with van der Waals surface area (Å²) in [5, 5.41) is 1.76. The van der Waals surface area contributed by atoms with E-state index in [4.69, 9.17) is 17.3 Å². The third-order valence-electron chi connectivity index (χ3n) is 3.10. The molecule has 2 nitrogen and oxygen atoms in total. The van der Waals surface area contributed by atoms with Gasteiger partial charge in [0.1, 0.15) is 0 Å². The van der Waals surface area contributed by atoms with Gasteiger partial charge in [0.25, 0.3) is 0 Å². The van der Waals surface area contributed by atoms with Gasteiger partial charge in [0.15, 0.2) is 0 Å². The number of thiazole rings is 1. The molecule has 1 aromatic heterocycles. The molecule has 0 aliphatic carbocycles. The van der Waals surface area contributed by atoms with E-state index in [1.54, 1.807) is 11.3 Å². The summed E-state index contributed by atoms with van der Waals surface area (Å²) in [6.07, 6.45) is 0.730. The zero-order valence-electron chi connectivity index (χ0n) is 10.5. The Morgan fingerprint density at radius 1 is 1.25 bits per heavy atom. The fraction of sp³-hybridized carbons (Fsp3) is 0.133. The summed E-state index contributed by atoms with van der Waals surface area (Å²) < 4.78 is 2.07. The molecule has 0 aliphatic rings. The van der Waals surface area contributed by atoms with Crippen molar-refractivity contribution in [3.05, 3.63) is 62.5 Å². The number of benzene rings is 2. The van der Waals surface area contributed by atoms with Gasteiger partial charge in [-0.15, -0.1) is 11.3 Å². The predicted molar refractivity (Wildman–Crippen MR) is 89.4 cm³/mol. The first-order valence-electron chi connectivity index (χ1n) is 6.18. The highest BCUT2D eigenvalue weighted by Gasteiger charge is 2.12. The molecule has 0 aliphatic heterocycles. The highest BCUT2D eigenvalue weighted by atomic mass is 79.9. The highest BCUT2D eigenvalue weighted by molar-refractivity contribution is 9.10. The second-order valence-corrected chi connectivity index (χ2v) is 6.94. The number of nitrogens with two attached hydrogens (primary N) is 1. The summed E-state index contributed by atoms with van der Waals surface area (Å²) in [7, 11) is 0. The minimum absolute atomic E-state index is 0.0795. The second kappa shape index (κ2) is 5.82. The van der Waals surface area contributed by atoms with Crippen molar-refractivity contribution < 1.29 is 0 Å². The molecule has 0 amide bonds. The summed E-state index contributed by atoms with van der Waals surface area (Å²) >= 11 is 11.1. The van der Waals surface area contributed by atoms with Gasteiger partial charge in [-0.25, -0.2) is 4.98 Å². The number of nitrogens with zero attached hydrogens (tertiary/aromatic N) is 1. The van der Waals surface area contributed by atoms with Crippen LogP contribution < -0.4 is 5.73 Å². The molecule has 102 valence electrons. The Kier molecular flexibility index (Phi) is 4.08. The van der Waals surface area contributed by atoms with Crippen LogP contribution in [0.25, 0.3) is 10.2 Å². The molecule has 3 rings (SSSR count). The van der Waals surface area contributed by atoms with Crippen LogP contribution in [0.2, 0.25) is 5.02 Å². The number of rotatable bonds is 3. The SMILES string of the molecule is NC(Cc1nc2ccccc2s1)c1ccc(Cl)c(Br)c1. The molecular weight excluding hydrogens is 356 g/mol. The first-order valence-corrected chi connectivity index (χ1v) is 8.17. The molecule has 20 heavy (non-hydrogen) atoms. The topological polar surface area (TPSA) is 38.9 Å². The van der Waals surface area contributed by atoms with Crippen molar-refractivity contribution in [3.63, 3.8) is 0 Å². The van der Waals surface area contributed by atoms with Gasteiger partial charge >= 0.3 is 0 Å². The number of halogens is 2. The third kappa shape index (κ3) is 2.88. The van der Waals surface area contributed by atoms with Gasteiger partial charge in [-0.05, 0) is 45.8 Å². The third-order valence-corrected chi connectivity index (χ3v) is 5.38. The van der Waals surface area contributed by atoms with Crippen molar-refractivity contribution in [2.45, 2.75) is 12.5 Å².